The van der Waals surface area contributed by atoms with Crippen molar-refractivity contribution >= 4 is 23.3 Å². The van der Waals surface area contributed by atoms with Gasteiger partial charge in [0, 0.05) is 30.5 Å². The van der Waals surface area contributed by atoms with Gasteiger partial charge in [-0.3, -0.25) is 9.20 Å². The van der Waals surface area contributed by atoms with Gasteiger partial charge >= 0.3 is 6.09 Å². The highest BCUT2D eigenvalue weighted by Gasteiger charge is 2.47. The van der Waals surface area contributed by atoms with Crippen LogP contribution in [0.25, 0.3) is 17.0 Å². The molecular formula is C22H20N6O4. The summed E-state index contributed by atoms with van der Waals surface area (Å²) < 4.78 is 7.15. The average Bonchev–Trinajstić information content (AvgIpc) is 3.40. The lowest BCUT2D eigenvalue weighted by Crippen LogP contribution is -2.59. The zero-order valence-electron chi connectivity index (χ0n) is 17.4. The number of likely N-dealkylation sites (tertiary alicyclic amines) is 1. The number of rotatable bonds is 4. The second-order valence-electron chi connectivity index (χ2n) is 8.18. The van der Waals surface area contributed by atoms with Gasteiger partial charge in [-0.15, -0.1) is 0 Å². The first-order valence-electron chi connectivity index (χ1n) is 10.0. The Bertz CT molecular complexity index is 1350. The van der Waals surface area contributed by atoms with Crippen LogP contribution in [0.3, 0.4) is 0 Å². The Morgan fingerprint density at radius 3 is 2.81 bits per heavy atom. The Balaban J connectivity index is 1.38. The Labute approximate surface area is 182 Å². The molecule has 1 fully saturated rings. The summed E-state index contributed by atoms with van der Waals surface area (Å²) in [6.07, 6.45) is 2.36. The number of benzene rings is 1. The summed E-state index contributed by atoms with van der Waals surface area (Å²) in [5.74, 6) is 0.482. The van der Waals surface area contributed by atoms with E-state index in [9.17, 15) is 9.59 Å². The lowest BCUT2D eigenvalue weighted by atomic mass is 9.82. The van der Waals surface area contributed by atoms with Gasteiger partial charge in [0.25, 0.3) is 5.91 Å². The van der Waals surface area contributed by atoms with Gasteiger partial charge in [0.05, 0.1) is 11.6 Å². The van der Waals surface area contributed by atoms with Crippen LogP contribution in [-0.4, -0.2) is 54.6 Å². The maximum absolute atomic E-state index is 12.9. The normalized spacial score (nSPS) is 14.9. The first-order valence-corrected chi connectivity index (χ1v) is 10.0. The fourth-order valence-corrected chi connectivity index (χ4v) is 3.84. The summed E-state index contributed by atoms with van der Waals surface area (Å²) in [6.45, 7) is 4.39. The predicted octanol–water partition coefficient (Wildman–Crippen LogP) is 3.20. The molecule has 1 aliphatic heterocycles. The molecule has 32 heavy (non-hydrogen) atoms. The van der Waals surface area contributed by atoms with E-state index in [1.165, 1.54) is 11.1 Å². The minimum Gasteiger partial charge on any atom is -0.465 e. The maximum atomic E-state index is 12.9. The maximum Gasteiger partial charge on any atom is 0.407 e. The van der Waals surface area contributed by atoms with E-state index in [0.29, 0.717) is 47.4 Å². The summed E-state index contributed by atoms with van der Waals surface area (Å²) in [7, 11) is 0. The van der Waals surface area contributed by atoms with Gasteiger partial charge in [-0.2, -0.15) is 4.98 Å². The molecule has 10 heteroatoms. The van der Waals surface area contributed by atoms with Crippen molar-refractivity contribution in [2.75, 3.05) is 18.4 Å². The molecule has 1 aromatic carbocycles. The molecular weight excluding hydrogens is 412 g/mol. The molecule has 1 aliphatic rings. The number of nitrogens with zero attached hydrogens (tertiary/aromatic N) is 5. The number of carbonyl (C=O) groups is 2. The van der Waals surface area contributed by atoms with E-state index in [-0.39, 0.29) is 5.91 Å². The van der Waals surface area contributed by atoms with Crippen molar-refractivity contribution < 1.29 is 19.2 Å². The first-order chi connectivity index (χ1) is 15.3. The number of nitrogens with one attached hydrogen (secondary N) is 1. The second kappa shape index (κ2) is 7.19. The van der Waals surface area contributed by atoms with Crippen LogP contribution in [-0.2, 0) is 5.41 Å². The zero-order valence-corrected chi connectivity index (χ0v) is 17.4. The Hall–Kier alpha value is -4.21. The number of hydrogen-bond donors (Lipinski definition) is 2. The Kier molecular flexibility index (Phi) is 4.43. The van der Waals surface area contributed by atoms with Gasteiger partial charge in [0.15, 0.2) is 0 Å². The summed E-state index contributed by atoms with van der Waals surface area (Å²) >= 11 is 0. The minimum absolute atomic E-state index is 0.284. The molecule has 2 amide bonds. The SMILES string of the molecule is Cc1ccc(-c2noc(C3(C)CN(C(=O)O)C3)n2)cc1NC(=O)c1cnc2ccccn12. The number of anilines is 1. The van der Waals surface area contributed by atoms with Crippen LogP contribution in [0.15, 0.2) is 53.3 Å². The van der Waals surface area contributed by atoms with Crippen molar-refractivity contribution in [2.45, 2.75) is 19.3 Å². The van der Waals surface area contributed by atoms with Gasteiger partial charge in [0.1, 0.15) is 11.3 Å². The van der Waals surface area contributed by atoms with Crippen molar-refractivity contribution in [3.8, 4) is 11.4 Å². The summed E-state index contributed by atoms with van der Waals surface area (Å²) in [6, 6.07) is 11.0. The number of amides is 2. The molecule has 0 atom stereocenters. The highest BCUT2D eigenvalue weighted by atomic mass is 16.5. The lowest BCUT2D eigenvalue weighted by Gasteiger charge is -2.43. The van der Waals surface area contributed by atoms with Crippen LogP contribution in [0.1, 0.15) is 28.9 Å². The molecule has 10 nitrogen and oxygen atoms in total. The Morgan fingerprint density at radius 2 is 2.03 bits per heavy atom. The molecule has 0 bridgehead atoms. The van der Waals surface area contributed by atoms with E-state index in [2.05, 4.69) is 20.4 Å². The van der Waals surface area contributed by atoms with E-state index in [0.717, 1.165) is 5.56 Å². The number of pyridine rings is 1. The van der Waals surface area contributed by atoms with E-state index in [4.69, 9.17) is 9.63 Å². The predicted molar refractivity (Wildman–Crippen MR) is 115 cm³/mol. The molecule has 3 aromatic heterocycles. The number of aryl methyl sites for hydroxylation is 1. The molecule has 4 heterocycles. The van der Waals surface area contributed by atoms with Crippen LogP contribution in [0, 0.1) is 6.92 Å². The lowest BCUT2D eigenvalue weighted by molar-refractivity contribution is 0.0520. The molecule has 0 saturated carbocycles. The third kappa shape index (κ3) is 3.25. The molecule has 0 spiro atoms. The van der Waals surface area contributed by atoms with Crippen LogP contribution in [0.4, 0.5) is 10.5 Å². The molecule has 162 valence electrons. The van der Waals surface area contributed by atoms with Gasteiger partial charge in [-0.05, 0) is 37.6 Å². The fourth-order valence-electron chi connectivity index (χ4n) is 3.84. The van der Waals surface area contributed by atoms with Crippen molar-refractivity contribution in [3.63, 3.8) is 0 Å². The molecule has 0 radical (unpaired) electrons. The highest BCUT2D eigenvalue weighted by Crippen LogP contribution is 2.34. The zero-order chi connectivity index (χ0) is 22.5. The highest BCUT2D eigenvalue weighted by molar-refractivity contribution is 6.04. The third-order valence-corrected chi connectivity index (χ3v) is 5.69. The average molecular weight is 432 g/mol. The van der Waals surface area contributed by atoms with Gasteiger partial charge < -0.3 is 19.8 Å². The number of carbonyl (C=O) groups excluding carboxylic acids is 1. The van der Waals surface area contributed by atoms with Crippen LogP contribution >= 0.6 is 0 Å². The van der Waals surface area contributed by atoms with Crippen molar-refractivity contribution in [1.82, 2.24) is 24.4 Å². The summed E-state index contributed by atoms with van der Waals surface area (Å²) in [5.41, 5.74) is 2.78. The number of fused-ring (bicyclic) bond motifs is 1. The van der Waals surface area contributed by atoms with Crippen molar-refractivity contribution in [2.24, 2.45) is 0 Å². The van der Waals surface area contributed by atoms with Gasteiger partial charge in [-0.1, -0.05) is 23.4 Å². The van der Waals surface area contributed by atoms with Crippen LogP contribution in [0.5, 0.6) is 0 Å². The number of hydrogen-bond acceptors (Lipinski definition) is 6. The van der Waals surface area contributed by atoms with Crippen molar-refractivity contribution in [3.05, 3.63) is 65.9 Å². The van der Waals surface area contributed by atoms with Crippen LogP contribution < -0.4 is 5.32 Å². The molecule has 0 aliphatic carbocycles. The van der Waals surface area contributed by atoms with Crippen molar-refractivity contribution in [1.29, 1.82) is 0 Å². The van der Waals surface area contributed by atoms with Gasteiger partial charge in [-0.25, -0.2) is 9.78 Å². The molecule has 0 unspecified atom stereocenters. The Morgan fingerprint density at radius 1 is 1.22 bits per heavy atom. The van der Waals surface area contributed by atoms with E-state index in [1.54, 1.807) is 16.7 Å². The number of imidazole rings is 1. The summed E-state index contributed by atoms with van der Waals surface area (Å²) in [5, 5.41) is 16.1. The number of carboxylic acid groups (broad SMARTS) is 1. The third-order valence-electron chi connectivity index (χ3n) is 5.69. The summed E-state index contributed by atoms with van der Waals surface area (Å²) in [4.78, 5) is 34.0. The quantitative estimate of drug-likeness (QED) is 0.507. The van der Waals surface area contributed by atoms with E-state index >= 15 is 0 Å². The monoisotopic (exact) mass is 432 g/mol. The minimum atomic E-state index is -0.966. The first kappa shape index (κ1) is 19.7. The number of aromatic nitrogens is 4. The van der Waals surface area contributed by atoms with E-state index < -0.39 is 11.5 Å². The molecule has 4 aromatic rings. The van der Waals surface area contributed by atoms with Crippen LogP contribution in [0.2, 0.25) is 0 Å². The largest absolute Gasteiger partial charge is 0.465 e. The fraction of sp³-hybridized carbons (Fsp3) is 0.227. The molecule has 5 rings (SSSR count). The topological polar surface area (TPSA) is 126 Å². The van der Waals surface area contributed by atoms with Gasteiger partial charge in [0.2, 0.25) is 11.7 Å². The van der Waals surface area contributed by atoms with E-state index in [1.807, 2.05) is 44.2 Å². The molecule has 2 N–H and O–H groups in total. The smallest absolute Gasteiger partial charge is 0.407 e. The standard InChI is InChI=1S/C22H20N6O4/c1-13-6-7-14(18-25-20(32-26-18)22(2)11-27(12-22)21(30)31)9-15(13)24-19(29)16-10-23-17-5-3-4-8-28(16)17/h3-10H,11-12H2,1-2H3,(H,24,29)(H,30,31). The second-order valence-corrected chi connectivity index (χ2v) is 8.18. The molecule has 1 saturated heterocycles.